The summed E-state index contributed by atoms with van der Waals surface area (Å²) in [6.45, 7) is 4.58. The molecule has 5 nitrogen and oxygen atoms in total. The van der Waals surface area contributed by atoms with Crippen LogP contribution < -0.4 is 9.47 Å². The normalized spacial score (nSPS) is 18.4. The molecule has 0 aromatic carbocycles. The molecule has 0 N–H and O–H groups in total. The number of hydrogen-bond acceptors (Lipinski definition) is 4. The van der Waals surface area contributed by atoms with E-state index in [1.165, 1.54) is 12.1 Å². The monoisotopic (exact) mass is 275 g/mol. The summed E-state index contributed by atoms with van der Waals surface area (Å²) in [4.78, 5) is 9.08. The lowest BCUT2D eigenvalue weighted by Crippen LogP contribution is -2.20. The Hall–Kier alpha value is -1.78. The molecule has 0 aliphatic heterocycles. The first-order valence-electron chi connectivity index (χ1n) is 7.13. The van der Waals surface area contributed by atoms with Gasteiger partial charge >= 0.3 is 0 Å². The van der Waals surface area contributed by atoms with E-state index in [1.54, 1.807) is 14.2 Å². The molecular weight excluding hydrogens is 254 g/mol. The minimum atomic E-state index is 0.539. The molecule has 0 bridgehead atoms. The maximum atomic E-state index is 5.49. The third-order valence-electron chi connectivity index (χ3n) is 4.28. The third kappa shape index (κ3) is 2.01. The highest BCUT2D eigenvalue weighted by atomic mass is 16.5. The maximum absolute atomic E-state index is 5.49. The molecule has 1 unspecified atom stereocenters. The molecule has 2 aromatic rings. The number of nitrogens with zero attached hydrogens (tertiary/aromatic N) is 3. The Kier molecular flexibility index (Phi) is 3.28. The van der Waals surface area contributed by atoms with Crippen LogP contribution in [0, 0.1) is 11.8 Å². The molecule has 0 fully saturated rings. The van der Waals surface area contributed by atoms with Crippen molar-refractivity contribution in [2.45, 2.75) is 33.1 Å². The molecule has 0 amide bonds. The Morgan fingerprint density at radius 3 is 2.70 bits per heavy atom. The summed E-state index contributed by atoms with van der Waals surface area (Å²) in [5, 5.41) is 0. The van der Waals surface area contributed by atoms with Crippen molar-refractivity contribution in [2.24, 2.45) is 11.8 Å². The summed E-state index contributed by atoms with van der Waals surface area (Å²) < 4.78 is 12.7. The lowest BCUT2D eigenvalue weighted by atomic mass is 9.82. The van der Waals surface area contributed by atoms with Crippen molar-refractivity contribution in [3.8, 4) is 11.8 Å². The van der Waals surface area contributed by atoms with Gasteiger partial charge in [-0.2, -0.15) is 4.98 Å². The first kappa shape index (κ1) is 13.2. The van der Waals surface area contributed by atoms with Crippen LogP contribution in [0.3, 0.4) is 0 Å². The highest BCUT2D eigenvalue weighted by molar-refractivity contribution is 5.44. The van der Waals surface area contributed by atoms with E-state index < -0.39 is 0 Å². The first-order chi connectivity index (χ1) is 9.63. The minimum Gasteiger partial charge on any atom is -0.482 e. The number of rotatable bonds is 3. The van der Waals surface area contributed by atoms with Gasteiger partial charge in [0.25, 0.3) is 0 Å². The second-order valence-electron chi connectivity index (χ2n) is 5.73. The molecule has 0 radical (unpaired) electrons. The molecule has 5 heteroatoms. The third-order valence-corrected chi connectivity index (χ3v) is 4.28. The van der Waals surface area contributed by atoms with Crippen LogP contribution >= 0.6 is 0 Å². The largest absolute Gasteiger partial charge is 0.482 e. The molecule has 1 atom stereocenters. The topological polar surface area (TPSA) is 48.7 Å². The van der Waals surface area contributed by atoms with Crippen LogP contribution in [0.25, 0.3) is 5.78 Å². The fourth-order valence-corrected chi connectivity index (χ4v) is 3.00. The second kappa shape index (κ2) is 4.96. The molecule has 0 spiro atoms. The van der Waals surface area contributed by atoms with Gasteiger partial charge in [-0.05, 0) is 31.1 Å². The van der Waals surface area contributed by atoms with Crippen molar-refractivity contribution in [1.82, 2.24) is 14.4 Å². The Morgan fingerprint density at radius 1 is 1.25 bits per heavy atom. The minimum absolute atomic E-state index is 0.539. The maximum Gasteiger partial charge on any atom is 0.240 e. The van der Waals surface area contributed by atoms with Gasteiger partial charge in [-0.25, -0.2) is 4.98 Å². The van der Waals surface area contributed by atoms with E-state index >= 15 is 0 Å². The lowest BCUT2D eigenvalue weighted by molar-refractivity contribution is 0.331. The Balaban J connectivity index is 2.15. The fraction of sp³-hybridized carbons (Fsp3) is 0.600. The van der Waals surface area contributed by atoms with E-state index in [9.17, 15) is 0 Å². The number of hydrogen-bond donors (Lipinski definition) is 0. The zero-order valence-electron chi connectivity index (χ0n) is 12.5. The zero-order valence-corrected chi connectivity index (χ0v) is 12.5. The van der Waals surface area contributed by atoms with E-state index in [0.717, 1.165) is 24.4 Å². The summed E-state index contributed by atoms with van der Waals surface area (Å²) in [5.41, 5.74) is 2.40. The quantitative estimate of drug-likeness (QED) is 0.863. The van der Waals surface area contributed by atoms with Crippen LogP contribution in [0.5, 0.6) is 11.8 Å². The number of fused-ring (bicyclic) bond motifs is 3. The van der Waals surface area contributed by atoms with E-state index in [0.29, 0.717) is 23.5 Å². The summed E-state index contributed by atoms with van der Waals surface area (Å²) >= 11 is 0. The molecule has 0 saturated heterocycles. The van der Waals surface area contributed by atoms with Gasteiger partial charge in [0.05, 0.1) is 31.7 Å². The molecule has 108 valence electrons. The van der Waals surface area contributed by atoms with Crippen molar-refractivity contribution in [1.29, 1.82) is 0 Å². The standard InChI is InChI=1S/C15H21N3O2/c1-9(2)10-5-6-11-12(7-10)18-14(20-4)8-13(19-3)17-15(18)16-11/h8-10H,5-7H2,1-4H3. The van der Waals surface area contributed by atoms with Crippen molar-refractivity contribution < 1.29 is 9.47 Å². The molecule has 2 aromatic heterocycles. The van der Waals surface area contributed by atoms with E-state index in [-0.39, 0.29) is 0 Å². The van der Waals surface area contributed by atoms with Crippen molar-refractivity contribution in [3.63, 3.8) is 0 Å². The predicted octanol–water partition coefficient (Wildman–Crippen LogP) is 2.51. The van der Waals surface area contributed by atoms with Gasteiger partial charge in [0.2, 0.25) is 17.5 Å². The van der Waals surface area contributed by atoms with E-state index in [2.05, 4.69) is 23.8 Å². The van der Waals surface area contributed by atoms with Crippen LogP contribution in [0.1, 0.15) is 31.7 Å². The number of aryl methyl sites for hydroxylation is 1. The van der Waals surface area contributed by atoms with E-state index in [1.807, 2.05) is 10.5 Å². The number of ether oxygens (including phenoxy) is 2. The molecule has 1 aliphatic carbocycles. The van der Waals surface area contributed by atoms with Gasteiger partial charge < -0.3 is 9.47 Å². The number of imidazole rings is 1. The SMILES string of the molecule is COc1cc(OC)n2c3c(nc2n1)CCC(C(C)C)C3. The van der Waals surface area contributed by atoms with Gasteiger partial charge in [0.1, 0.15) is 0 Å². The first-order valence-corrected chi connectivity index (χ1v) is 7.13. The summed E-state index contributed by atoms with van der Waals surface area (Å²) in [6, 6.07) is 1.81. The molecule has 0 saturated carbocycles. The Labute approximate surface area is 118 Å². The molecule has 3 rings (SSSR count). The highest BCUT2D eigenvalue weighted by Gasteiger charge is 2.27. The summed E-state index contributed by atoms with van der Waals surface area (Å²) in [6.07, 6.45) is 3.26. The van der Waals surface area contributed by atoms with Crippen LogP contribution in [-0.4, -0.2) is 28.6 Å². The molecule has 1 aliphatic rings. The van der Waals surface area contributed by atoms with Crippen molar-refractivity contribution in [3.05, 3.63) is 17.5 Å². The van der Waals surface area contributed by atoms with Gasteiger partial charge in [0, 0.05) is 0 Å². The molecule has 20 heavy (non-hydrogen) atoms. The average molecular weight is 275 g/mol. The number of aromatic nitrogens is 3. The van der Waals surface area contributed by atoms with Crippen LogP contribution in [0.2, 0.25) is 0 Å². The van der Waals surface area contributed by atoms with Crippen LogP contribution in [0.15, 0.2) is 6.07 Å². The van der Waals surface area contributed by atoms with Gasteiger partial charge in [-0.1, -0.05) is 13.8 Å². The van der Waals surface area contributed by atoms with Crippen LogP contribution in [-0.2, 0) is 12.8 Å². The Bertz CT molecular complexity index is 634. The smallest absolute Gasteiger partial charge is 0.240 e. The fourth-order valence-electron chi connectivity index (χ4n) is 3.00. The Morgan fingerprint density at radius 2 is 2.05 bits per heavy atom. The average Bonchev–Trinajstić information content (AvgIpc) is 2.83. The summed E-state index contributed by atoms with van der Waals surface area (Å²) in [5.74, 6) is 3.35. The molecule has 2 heterocycles. The summed E-state index contributed by atoms with van der Waals surface area (Å²) in [7, 11) is 3.28. The zero-order chi connectivity index (χ0) is 14.3. The molecular formula is C15H21N3O2. The van der Waals surface area contributed by atoms with Crippen molar-refractivity contribution >= 4 is 5.78 Å². The van der Waals surface area contributed by atoms with Gasteiger partial charge in [-0.15, -0.1) is 0 Å². The van der Waals surface area contributed by atoms with Gasteiger partial charge in [-0.3, -0.25) is 4.40 Å². The van der Waals surface area contributed by atoms with Crippen molar-refractivity contribution in [2.75, 3.05) is 14.2 Å². The highest BCUT2D eigenvalue weighted by Crippen LogP contribution is 2.33. The second-order valence-corrected chi connectivity index (χ2v) is 5.73. The van der Waals surface area contributed by atoms with Gasteiger partial charge in [0.15, 0.2) is 0 Å². The number of methoxy groups -OCH3 is 2. The lowest BCUT2D eigenvalue weighted by Gasteiger charge is -2.25. The predicted molar refractivity (Wildman–Crippen MR) is 76.4 cm³/mol. The van der Waals surface area contributed by atoms with E-state index in [4.69, 9.17) is 9.47 Å². The van der Waals surface area contributed by atoms with Crippen LogP contribution in [0.4, 0.5) is 0 Å².